The van der Waals surface area contributed by atoms with Gasteiger partial charge < -0.3 is 10.5 Å². The van der Waals surface area contributed by atoms with Crippen LogP contribution in [-0.4, -0.2) is 12.6 Å². The molecule has 0 fully saturated rings. The van der Waals surface area contributed by atoms with Gasteiger partial charge >= 0.3 is 0 Å². The molecular formula is C13H22ClNOS. The minimum absolute atomic E-state index is 0.00523. The summed E-state index contributed by atoms with van der Waals surface area (Å²) >= 11 is 7.52. The van der Waals surface area contributed by atoms with E-state index in [9.17, 15) is 0 Å². The van der Waals surface area contributed by atoms with Crippen LogP contribution in [0.25, 0.3) is 0 Å². The molecule has 1 aromatic heterocycles. The third-order valence-electron chi connectivity index (χ3n) is 2.78. The number of ether oxygens (including phenoxy) is 1. The maximum absolute atomic E-state index is 6.11. The van der Waals surface area contributed by atoms with Gasteiger partial charge in [0, 0.05) is 17.5 Å². The van der Waals surface area contributed by atoms with Crippen molar-refractivity contribution in [3.05, 3.63) is 21.3 Å². The summed E-state index contributed by atoms with van der Waals surface area (Å²) in [4.78, 5) is 1.14. The Kier molecular flexibility index (Phi) is 7.12. The van der Waals surface area contributed by atoms with Crippen LogP contribution in [0.5, 0.6) is 0 Å². The van der Waals surface area contributed by atoms with Crippen molar-refractivity contribution in [1.29, 1.82) is 0 Å². The van der Waals surface area contributed by atoms with Gasteiger partial charge in [0.05, 0.1) is 4.34 Å². The number of nitrogens with two attached hydrogens (primary N) is 1. The molecule has 2 unspecified atom stereocenters. The van der Waals surface area contributed by atoms with Gasteiger partial charge in [-0.2, -0.15) is 0 Å². The number of thiophene rings is 1. The lowest BCUT2D eigenvalue weighted by Gasteiger charge is -2.22. The van der Waals surface area contributed by atoms with Gasteiger partial charge in [0.25, 0.3) is 0 Å². The van der Waals surface area contributed by atoms with E-state index in [1.54, 1.807) is 11.3 Å². The first-order valence-electron chi connectivity index (χ1n) is 6.31. The van der Waals surface area contributed by atoms with Gasteiger partial charge in [0.2, 0.25) is 0 Å². The van der Waals surface area contributed by atoms with Gasteiger partial charge in [0.15, 0.2) is 0 Å². The van der Waals surface area contributed by atoms with E-state index in [2.05, 4.69) is 13.8 Å². The SMILES string of the molecule is CCCCCOC(c1ccc(Cl)s1)C(N)CC. The fourth-order valence-corrected chi connectivity index (χ4v) is 2.86. The highest BCUT2D eigenvalue weighted by Crippen LogP contribution is 2.31. The summed E-state index contributed by atoms with van der Waals surface area (Å²) in [5.74, 6) is 0. The average molecular weight is 276 g/mol. The third-order valence-corrected chi connectivity index (χ3v) is 4.07. The van der Waals surface area contributed by atoms with Crippen molar-refractivity contribution in [2.75, 3.05) is 6.61 Å². The lowest BCUT2D eigenvalue weighted by molar-refractivity contribution is 0.0336. The summed E-state index contributed by atoms with van der Waals surface area (Å²) in [6.07, 6.45) is 4.42. The number of rotatable bonds is 8. The maximum atomic E-state index is 6.11. The lowest BCUT2D eigenvalue weighted by Crippen LogP contribution is -2.29. The van der Waals surface area contributed by atoms with Crippen molar-refractivity contribution >= 4 is 22.9 Å². The molecule has 0 aromatic carbocycles. The van der Waals surface area contributed by atoms with E-state index in [-0.39, 0.29) is 12.1 Å². The predicted octanol–water partition coefficient (Wildman–Crippen LogP) is 4.39. The average Bonchev–Trinajstić information content (AvgIpc) is 2.75. The van der Waals surface area contributed by atoms with Gasteiger partial charge in [-0.05, 0) is 25.0 Å². The van der Waals surface area contributed by atoms with E-state index >= 15 is 0 Å². The van der Waals surface area contributed by atoms with Crippen LogP contribution in [0.1, 0.15) is 50.5 Å². The molecule has 1 heterocycles. The Hall–Kier alpha value is -0.0900. The Morgan fingerprint density at radius 1 is 1.35 bits per heavy atom. The van der Waals surface area contributed by atoms with Gasteiger partial charge in [-0.1, -0.05) is 38.3 Å². The lowest BCUT2D eigenvalue weighted by atomic mass is 10.1. The molecule has 0 aliphatic carbocycles. The second-order valence-electron chi connectivity index (χ2n) is 4.21. The van der Waals surface area contributed by atoms with Crippen LogP contribution in [0.4, 0.5) is 0 Å². The van der Waals surface area contributed by atoms with Crippen LogP contribution in [0.15, 0.2) is 12.1 Å². The number of halogens is 1. The molecule has 0 saturated carbocycles. The largest absolute Gasteiger partial charge is 0.371 e. The molecule has 2 atom stereocenters. The molecule has 2 N–H and O–H groups in total. The Morgan fingerprint density at radius 3 is 2.65 bits per heavy atom. The molecule has 0 amide bonds. The van der Waals surface area contributed by atoms with E-state index in [0.717, 1.165) is 28.7 Å². The molecule has 17 heavy (non-hydrogen) atoms. The summed E-state index contributed by atoms with van der Waals surface area (Å²) in [5.41, 5.74) is 6.11. The highest BCUT2D eigenvalue weighted by Gasteiger charge is 2.20. The van der Waals surface area contributed by atoms with Crippen molar-refractivity contribution in [2.45, 2.75) is 51.7 Å². The van der Waals surface area contributed by atoms with Gasteiger partial charge in [-0.25, -0.2) is 0 Å². The summed E-state index contributed by atoms with van der Waals surface area (Å²) in [5, 5.41) is 0. The number of unbranched alkanes of at least 4 members (excludes halogenated alkanes) is 2. The zero-order valence-corrected chi connectivity index (χ0v) is 12.2. The Morgan fingerprint density at radius 2 is 2.12 bits per heavy atom. The fraction of sp³-hybridized carbons (Fsp3) is 0.692. The second kappa shape index (κ2) is 8.09. The monoisotopic (exact) mass is 275 g/mol. The molecule has 4 heteroatoms. The molecule has 0 spiro atoms. The van der Waals surface area contributed by atoms with Crippen LogP contribution < -0.4 is 5.73 Å². The first-order valence-corrected chi connectivity index (χ1v) is 7.50. The standard InChI is InChI=1S/C13H22ClNOS/c1-3-5-6-9-16-13(10(15)4-2)11-7-8-12(14)17-11/h7-8,10,13H,3-6,9,15H2,1-2H3. The highest BCUT2D eigenvalue weighted by molar-refractivity contribution is 7.16. The maximum Gasteiger partial charge on any atom is 0.107 e. The molecule has 98 valence electrons. The molecule has 1 aromatic rings. The first kappa shape index (κ1) is 15.0. The van der Waals surface area contributed by atoms with Gasteiger partial charge in [-0.3, -0.25) is 0 Å². The Balaban J connectivity index is 2.55. The van der Waals surface area contributed by atoms with E-state index < -0.39 is 0 Å². The molecule has 0 radical (unpaired) electrons. The smallest absolute Gasteiger partial charge is 0.107 e. The normalized spacial score (nSPS) is 14.8. The van der Waals surface area contributed by atoms with Crippen molar-refractivity contribution < 1.29 is 4.74 Å². The summed E-state index contributed by atoms with van der Waals surface area (Å²) in [6.45, 7) is 5.05. The van der Waals surface area contributed by atoms with E-state index in [1.807, 2.05) is 12.1 Å². The number of hydrogen-bond donors (Lipinski definition) is 1. The second-order valence-corrected chi connectivity index (χ2v) is 5.96. The zero-order valence-electron chi connectivity index (χ0n) is 10.6. The van der Waals surface area contributed by atoms with Crippen LogP contribution in [0.3, 0.4) is 0 Å². The summed E-state index contributed by atoms with van der Waals surface area (Å²) in [7, 11) is 0. The van der Waals surface area contributed by atoms with Crippen LogP contribution in [-0.2, 0) is 4.74 Å². The van der Waals surface area contributed by atoms with Crippen molar-refractivity contribution in [1.82, 2.24) is 0 Å². The van der Waals surface area contributed by atoms with E-state index in [0.29, 0.717) is 0 Å². The molecule has 0 aliphatic rings. The van der Waals surface area contributed by atoms with Gasteiger partial charge in [0.1, 0.15) is 6.10 Å². The molecular weight excluding hydrogens is 254 g/mol. The summed E-state index contributed by atoms with van der Waals surface area (Å²) in [6, 6.07) is 3.98. The minimum Gasteiger partial charge on any atom is -0.371 e. The molecule has 0 saturated heterocycles. The molecule has 2 nitrogen and oxygen atoms in total. The quantitative estimate of drug-likeness (QED) is 0.714. The van der Waals surface area contributed by atoms with Crippen molar-refractivity contribution in [2.24, 2.45) is 5.73 Å². The van der Waals surface area contributed by atoms with Crippen molar-refractivity contribution in [3.63, 3.8) is 0 Å². The molecule has 1 rings (SSSR count). The van der Waals surface area contributed by atoms with E-state index in [4.69, 9.17) is 22.1 Å². The zero-order chi connectivity index (χ0) is 12.7. The highest BCUT2D eigenvalue weighted by atomic mass is 35.5. The third kappa shape index (κ3) is 4.96. The summed E-state index contributed by atoms with van der Waals surface area (Å²) < 4.78 is 6.72. The van der Waals surface area contributed by atoms with Gasteiger partial charge in [-0.15, -0.1) is 11.3 Å². The van der Waals surface area contributed by atoms with E-state index in [1.165, 1.54) is 12.8 Å². The molecule has 0 bridgehead atoms. The van der Waals surface area contributed by atoms with Crippen LogP contribution in [0.2, 0.25) is 4.34 Å². The Labute approximate surface area is 113 Å². The minimum atomic E-state index is -0.00523. The predicted molar refractivity (Wildman–Crippen MR) is 75.8 cm³/mol. The van der Waals surface area contributed by atoms with Crippen molar-refractivity contribution in [3.8, 4) is 0 Å². The van der Waals surface area contributed by atoms with Crippen LogP contribution >= 0.6 is 22.9 Å². The molecule has 0 aliphatic heterocycles. The fourth-order valence-electron chi connectivity index (χ4n) is 1.67. The van der Waals surface area contributed by atoms with Crippen LogP contribution in [0, 0.1) is 0 Å². The Bertz CT molecular complexity index is 316. The number of hydrogen-bond acceptors (Lipinski definition) is 3. The topological polar surface area (TPSA) is 35.2 Å². The first-order chi connectivity index (χ1) is 8.19.